The molecule has 16 heavy (non-hydrogen) atoms. The van der Waals surface area contributed by atoms with Gasteiger partial charge in [-0.3, -0.25) is 4.79 Å². The van der Waals surface area contributed by atoms with Crippen LogP contribution in [0.25, 0.3) is 0 Å². The minimum atomic E-state index is -0.981. The molecular weight excluding hydrogens is 210 g/mol. The molecule has 5 nitrogen and oxygen atoms in total. The van der Waals surface area contributed by atoms with Gasteiger partial charge >= 0.3 is 12.1 Å². The fourth-order valence-corrected chi connectivity index (χ4v) is 1.31. The lowest BCUT2D eigenvalue weighted by Gasteiger charge is -2.16. The number of hydrogen-bond donors (Lipinski definition) is 2. The van der Waals surface area contributed by atoms with Crippen molar-refractivity contribution in [3.63, 3.8) is 0 Å². The molecule has 0 fully saturated rings. The van der Waals surface area contributed by atoms with E-state index in [2.05, 4.69) is 10.1 Å². The lowest BCUT2D eigenvalue weighted by molar-refractivity contribution is -0.137. The number of aliphatic carboxylic acids is 1. The summed E-state index contributed by atoms with van der Waals surface area (Å²) >= 11 is 0. The molecule has 0 saturated heterocycles. The molecule has 0 saturated carbocycles. The second-order valence-electron chi connectivity index (χ2n) is 3.20. The van der Waals surface area contributed by atoms with Crippen molar-refractivity contribution in [2.24, 2.45) is 0 Å². The third-order valence-electron chi connectivity index (χ3n) is 2.06. The lowest BCUT2D eigenvalue weighted by atomic mass is 10.0. The van der Waals surface area contributed by atoms with Crippen LogP contribution in [0.3, 0.4) is 0 Å². The summed E-state index contributed by atoms with van der Waals surface area (Å²) in [6.45, 7) is 0. The van der Waals surface area contributed by atoms with Crippen molar-refractivity contribution < 1.29 is 19.4 Å². The molecule has 0 aromatic heterocycles. The molecule has 2 N–H and O–H groups in total. The second kappa shape index (κ2) is 5.75. The highest BCUT2D eigenvalue weighted by atomic mass is 16.5. The molecule has 0 unspecified atom stereocenters. The van der Waals surface area contributed by atoms with Gasteiger partial charge in [-0.2, -0.15) is 0 Å². The van der Waals surface area contributed by atoms with Gasteiger partial charge in [-0.25, -0.2) is 4.79 Å². The number of methoxy groups -OCH3 is 1. The number of benzene rings is 1. The quantitative estimate of drug-likeness (QED) is 0.812. The van der Waals surface area contributed by atoms with Crippen molar-refractivity contribution in [3.8, 4) is 0 Å². The predicted octanol–water partition coefficient (Wildman–Crippen LogP) is 1.56. The Kier molecular flexibility index (Phi) is 4.32. The largest absolute Gasteiger partial charge is 0.481 e. The van der Waals surface area contributed by atoms with Crippen LogP contribution in [0, 0.1) is 0 Å². The second-order valence-corrected chi connectivity index (χ2v) is 3.20. The van der Waals surface area contributed by atoms with Gasteiger partial charge in [0.1, 0.15) is 0 Å². The smallest absolute Gasteiger partial charge is 0.407 e. The van der Waals surface area contributed by atoms with E-state index in [0.717, 1.165) is 5.56 Å². The molecule has 1 rings (SSSR count). The van der Waals surface area contributed by atoms with Crippen LogP contribution in [0.2, 0.25) is 0 Å². The molecule has 0 aliphatic carbocycles. The van der Waals surface area contributed by atoms with E-state index in [0.29, 0.717) is 0 Å². The maximum absolute atomic E-state index is 11.1. The van der Waals surface area contributed by atoms with Gasteiger partial charge in [0.15, 0.2) is 0 Å². The van der Waals surface area contributed by atoms with Crippen molar-refractivity contribution in [1.29, 1.82) is 0 Å². The number of carboxylic acids is 1. The summed E-state index contributed by atoms with van der Waals surface area (Å²) in [5.41, 5.74) is 0.732. The van der Waals surface area contributed by atoms with Gasteiger partial charge in [0.2, 0.25) is 0 Å². The summed E-state index contributed by atoms with van der Waals surface area (Å²) in [5.74, 6) is -0.981. The molecule has 0 heterocycles. The Morgan fingerprint density at radius 1 is 1.38 bits per heavy atom. The summed E-state index contributed by atoms with van der Waals surface area (Å²) in [6, 6.07) is 8.31. The Morgan fingerprint density at radius 3 is 2.50 bits per heavy atom. The van der Waals surface area contributed by atoms with E-state index in [1.807, 2.05) is 6.07 Å². The number of carboxylic acid groups (broad SMARTS) is 1. The van der Waals surface area contributed by atoms with Crippen molar-refractivity contribution in [2.45, 2.75) is 12.5 Å². The summed E-state index contributed by atoms with van der Waals surface area (Å²) in [5, 5.41) is 11.2. The van der Waals surface area contributed by atoms with Gasteiger partial charge in [0.05, 0.1) is 19.6 Å². The van der Waals surface area contributed by atoms with Crippen LogP contribution in [0.15, 0.2) is 30.3 Å². The standard InChI is InChI=1S/C11H13NO4/c1-16-11(15)12-9(7-10(13)14)8-5-3-2-4-6-8/h2-6,9H,7H2,1H3,(H,12,15)(H,13,14)/t9-/m0/s1. The minimum Gasteiger partial charge on any atom is -0.481 e. The van der Waals surface area contributed by atoms with Gasteiger partial charge in [-0.05, 0) is 5.56 Å². The monoisotopic (exact) mass is 223 g/mol. The van der Waals surface area contributed by atoms with E-state index in [1.54, 1.807) is 24.3 Å². The van der Waals surface area contributed by atoms with Gasteiger partial charge < -0.3 is 15.2 Å². The predicted molar refractivity (Wildman–Crippen MR) is 57.0 cm³/mol. The SMILES string of the molecule is COC(=O)N[C@@H](CC(=O)O)c1ccccc1. The van der Waals surface area contributed by atoms with E-state index in [4.69, 9.17) is 5.11 Å². The Hall–Kier alpha value is -2.04. The number of rotatable bonds is 4. The van der Waals surface area contributed by atoms with Crippen molar-refractivity contribution in [3.05, 3.63) is 35.9 Å². The van der Waals surface area contributed by atoms with Gasteiger partial charge in [0, 0.05) is 0 Å². The number of hydrogen-bond acceptors (Lipinski definition) is 3. The Balaban J connectivity index is 2.79. The summed E-state index contributed by atoms with van der Waals surface area (Å²) in [6.07, 6.45) is -0.825. The molecule has 0 radical (unpaired) electrons. The first-order chi connectivity index (χ1) is 7.63. The Morgan fingerprint density at radius 2 is 2.00 bits per heavy atom. The van der Waals surface area contributed by atoms with Gasteiger partial charge in [-0.1, -0.05) is 30.3 Å². The van der Waals surface area contributed by atoms with Crippen LogP contribution in [-0.2, 0) is 9.53 Å². The van der Waals surface area contributed by atoms with E-state index >= 15 is 0 Å². The molecule has 0 bridgehead atoms. The molecule has 0 aliphatic rings. The number of amides is 1. The topological polar surface area (TPSA) is 75.6 Å². The molecule has 1 amide bonds. The number of ether oxygens (including phenoxy) is 1. The van der Waals surface area contributed by atoms with Crippen LogP contribution < -0.4 is 5.32 Å². The summed E-state index contributed by atoms with van der Waals surface area (Å²) in [7, 11) is 1.23. The minimum absolute atomic E-state index is 0.181. The first-order valence-corrected chi connectivity index (χ1v) is 4.74. The zero-order chi connectivity index (χ0) is 12.0. The molecule has 0 spiro atoms. The number of carbonyl (C=O) groups excluding carboxylic acids is 1. The number of carbonyl (C=O) groups is 2. The summed E-state index contributed by atoms with van der Waals surface area (Å²) in [4.78, 5) is 21.7. The van der Waals surface area contributed by atoms with E-state index in [-0.39, 0.29) is 6.42 Å². The van der Waals surface area contributed by atoms with Crippen LogP contribution in [0.4, 0.5) is 4.79 Å². The fraction of sp³-hybridized carbons (Fsp3) is 0.273. The van der Waals surface area contributed by atoms with Crippen LogP contribution >= 0.6 is 0 Å². The van der Waals surface area contributed by atoms with Gasteiger partial charge in [0.25, 0.3) is 0 Å². The van der Waals surface area contributed by atoms with Crippen LogP contribution in [0.5, 0.6) is 0 Å². The third kappa shape index (κ3) is 3.61. The molecular formula is C11H13NO4. The number of nitrogens with one attached hydrogen (secondary N) is 1. The molecule has 86 valence electrons. The van der Waals surface area contributed by atoms with Crippen LogP contribution in [-0.4, -0.2) is 24.3 Å². The maximum atomic E-state index is 11.1. The first kappa shape index (κ1) is 12.0. The fourth-order valence-electron chi connectivity index (χ4n) is 1.31. The first-order valence-electron chi connectivity index (χ1n) is 4.74. The van der Waals surface area contributed by atoms with Crippen molar-refractivity contribution in [2.75, 3.05) is 7.11 Å². The van der Waals surface area contributed by atoms with Crippen molar-refractivity contribution >= 4 is 12.1 Å². The highest BCUT2D eigenvalue weighted by Crippen LogP contribution is 2.16. The van der Waals surface area contributed by atoms with E-state index in [9.17, 15) is 9.59 Å². The average Bonchev–Trinajstić information content (AvgIpc) is 2.28. The molecule has 5 heteroatoms. The maximum Gasteiger partial charge on any atom is 0.407 e. The molecule has 1 atom stereocenters. The zero-order valence-electron chi connectivity index (χ0n) is 8.84. The highest BCUT2D eigenvalue weighted by molar-refractivity contribution is 5.71. The molecule has 1 aromatic rings. The van der Waals surface area contributed by atoms with Gasteiger partial charge in [-0.15, -0.1) is 0 Å². The zero-order valence-corrected chi connectivity index (χ0v) is 8.84. The summed E-state index contributed by atoms with van der Waals surface area (Å²) < 4.78 is 4.44. The number of alkyl carbamates (subject to hydrolysis) is 1. The van der Waals surface area contributed by atoms with Crippen LogP contribution in [0.1, 0.15) is 18.0 Å². The Labute approximate surface area is 93.0 Å². The van der Waals surface area contributed by atoms with E-state index < -0.39 is 18.1 Å². The average molecular weight is 223 g/mol. The Bertz CT molecular complexity index is 364. The normalized spacial score (nSPS) is 11.6. The molecule has 1 aromatic carbocycles. The van der Waals surface area contributed by atoms with E-state index in [1.165, 1.54) is 7.11 Å². The molecule has 0 aliphatic heterocycles. The lowest BCUT2D eigenvalue weighted by Crippen LogP contribution is -2.29. The third-order valence-corrected chi connectivity index (χ3v) is 2.06. The highest BCUT2D eigenvalue weighted by Gasteiger charge is 2.17. The van der Waals surface area contributed by atoms with Crippen molar-refractivity contribution in [1.82, 2.24) is 5.32 Å².